The summed E-state index contributed by atoms with van der Waals surface area (Å²) in [5, 5.41) is 0. The molecule has 0 unspecified atom stereocenters. The van der Waals surface area contributed by atoms with Crippen LogP contribution in [0.2, 0.25) is 0 Å². The number of nitrogens with zero attached hydrogens (tertiary/aromatic N) is 2. The minimum Gasteiger partial charge on any atom is -0.362 e. The molecule has 2 nitrogen and oxygen atoms in total. The van der Waals surface area contributed by atoms with Gasteiger partial charge in [0.1, 0.15) is 0 Å². The highest BCUT2D eigenvalue weighted by Crippen LogP contribution is 2.13. The molecule has 0 N–H and O–H groups in total. The van der Waals surface area contributed by atoms with Crippen molar-refractivity contribution in [3.05, 3.63) is 64.2 Å². The van der Waals surface area contributed by atoms with Gasteiger partial charge in [-0.1, -0.05) is 35.4 Å². The van der Waals surface area contributed by atoms with Crippen LogP contribution in [0.3, 0.4) is 0 Å². The van der Waals surface area contributed by atoms with E-state index in [9.17, 15) is 0 Å². The lowest BCUT2D eigenvalue weighted by molar-refractivity contribution is 0.0110. The average Bonchev–Trinajstić information content (AvgIpc) is 2.41. The van der Waals surface area contributed by atoms with Crippen LogP contribution in [0.4, 0.5) is 0 Å². The Morgan fingerprint density at radius 3 is 1.29 bits per heavy atom. The first-order valence-electron chi connectivity index (χ1n) is 6.44. The molecule has 21 heavy (non-hydrogen) atoms. The van der Waals surface area contributed by atoms with Gasteiger partial charge in [-0.15, -0.1) is 25.3 Å². The van der Waals surface area contributed by atoms with Crippen molar-refractivity contribution in [2.75, 3.05) is 0 Å². The number of rotatable bonds is 0. The first-order valence-corrected chi connectivity index (χ1v) is 7.33. The minimum absolute atomic E-state index is 1.07. The van der Waals surface area contributed by atoms with E-state index >= 15 is 0 Å². The second-order valence-electron chi connectivity index (χ2n) is 4.72. The SMILES string of the molecule is C=[N+]=[N-].Cc1ccc(S)c(C)c1.Cc1ccc(S)c(C)c1. The van der Waals surface area contributed by atoms with Gasteiger partial charge in [0.2, 0.25) is 6.72 Å². The van der Waals surface area contributed by atoms with Gasteiger partial charge in [0.05, 0.1) is 0 Å². The normalized spacial score (nSPS) is 8.67. The van der Waals surface area contributed by atoms with E-state index < -0.39 is 0 Å². The summed E-state index contributed by atoms with van der Waals surface area (Å²) in [5.74, 6) is 0. The molecule has 0 aliphatic carbocycles. The van der Waals surface area contributed by atoms with Gasteiger partial charge >= 0.3 is 0 Å². The molecule has 0 saturated heterocycles. The van der Waals surface area contributed by atoms with Gasteiger partial charge in [0.15, 0.2) is 0 Å². The summed E-state index contributed by atoms with van der Waals surface area (Å²) in [5.41, 5.74) is 12.2. The van der Waals surface area contributed by atoms with Crippen LogP contribution in [0.1, 0.15) is 22.3 Å². The lowest BCUT2D eigenvalue weighted by Crippen LogP contribution is -1.76. The van der Waals surface area contributed by atoms with E-state index in [0.717, 1.165) is 9.79 Å². The molecule has 0 saturated carbocycles. The van der Waals surface area contributed by atoms with Gasteiger partial charge in [-0.05, 0) is 51.0 Å². The summed E-state index contributed by atoms with van der Waals surface area (Å²) < 4.78 is 0. The maximum Gasteiger partial charge on any atom is 0.245 e. The Hall–Kier alpha value is -1.48. The maximum atomic E-state index is 7.08. The van der Waals surface area contributed by atoms with E-state index in [0.29, 0.717) is 0 Å². The van der Waals surface area contributed by atoms with Crippen molar-refractivity contribution in [3.8, 4) is 0 Å². The molecular weight excluding hydrogens is 296 g/mol. The molecule has 0 fully saturated rings. The Bertz CT molecular complexity index is 567. The Labute approximate surface area is 138 Å². The summed E-state index contributed by atoms with van der Waals surface area (Å²) in [7, 11) is 0. The number of thiol groups is 2. The summed E-state index contributed by atoms with van der Waals surface area (Å²) in [6, 6.07) is 12.4. The summed E-state index contributed by atoms with van der Waals surface area (Å²) >= 11 is 8.49. The van der Waals surface area contributed by atoms with E-state index in [1.807, 2.05) is 12.1 Å². The van der Waals surface area contributed by atoms with Crippen LogP contribution in [-0.4, -0.2) is 11.5 Å². The van der Waals surface area contributed by atoms with Gasteiger partial charge in [0.25, 0.3) is 0 Å². The van der Waals surface area contributed by atoms with Gasteiger partial charge in [-0.25, -0.2) is 0 Å². The number of benzene rings is 2. The first-order chi connectivity index (χ1) is 9.81. The van der Waals surface area contributed by atoms with Crippen molar-refractivity contribution < 1.29 is 4.79 Å². The highest BCUT2D eigenvalue weighted by Gasteiger charge is 1.90. The molecular formula is C17H22N2S2. The quantitative estimate of drug-likeness (QED) is 0.293. The fraction of sp³-hybridized carbons (Fsp3) is 0.235. The summed E-state index contributed by atoms with van der Waals surface area (Å²) in [4.78, 5) is 4.39. The average molecular weight is 319 g/mol. The van der Waals surface area contributed by atoms with Crippen LogP contribution in [0.5, 0.6) is 0 Å². The van der Waals surface area contributed by atoms with Crippen molar-refractivity contribution in [2.24, 2.45) is 0 Å². The smallest absolute Gasteiger partial charge is 0.245 e. The molecule has 112 valence electrons. The highest BCUT2D eigenvalue weighted by atomic mass is 32.1. The fourth-order valence-corrected chi connectivity index (χ4v) is 1.89. The first kappa shape index (κ1) is 19.5. The molecule has 0 bridgehead atoms. The van der Waals surface area contributed by atoms with Crippen molar-refractivity contribution >= 4 is 32.0 Å². The van der Waals surface area contributed by atoms with Gasteiger partial charge in [-0.3, -0.25) is 0 Å². The van der Waals surface area contributed by atoms with E-state index in [1.54, 1.807) is 0 Å². The Morgan fingerprint density at radius 1 is 0.810 bits per heavy atom. The third-order valence-corrected chi connectivity index (χ3v) is 3.71. The van der Waals surface area contributed by atoms with Gasteiger partial charge in [-0.2, -0.15) is 4.79 Å². The van der Waals surface area contributed by atoms with Crippen LogP contribution in [0.15, 0.2) is 46.2 Å². The molecule has 4 heteroatoms. The van der Waals surface area contributed by atoms with Gasteiger partial charge < -0.3 is 5.53 Å². The molecule has 2 aromatic carbocycles. The van der Waals surface area contributed by atoms with Crippen molar-refractivity contribution in [2.45, 2.75) is 37.5 Å². The van der Waals surface area contributed by atoms with Crippen molar-refractivity contribution in [1.82, 2.24) is 0 Å². The molecule has 0 aromatic heterocycles. The number of hydrogen-bond donors (Lipinski definition) is 2. The summed E-state index contributed by atoms with van der Waals surface area (Å²) in [6.07, 6.45) is 0. The van der Waals surface area contributed by atoms with Crippen LogP contribution < -0.4 is 0 Å². The number of aryl methyl sites for hydroxylation is 4. The molecule has 0 radical (unpaired) electrons. The molecule has 2 aromatic rings. The van der Waals surface area contributed by atoms with E-state index in [-0.39, 0.29) is 0 Å². The lowest BCUT2D eigenvalue weighted by Gasteiger charge is -1.97. The molecule has 0 aliphatic heterocycles. The molecule has 2 rings (SSSR count). The van der Waals surface area contributed by atoms with E-state index in [2.05, 4.69) is 88.7 Å². The van der Waals surface area contributed by atoms with E-state index in [1.165, 1.54) is 22.3 Å². The monoisotopic (exact) mass is 318 g/mol. The topological polar surface area (TPSA) is 36.4 Å². The van der Waals surface area contributed by atoms with Gasteiger partial charge in [0, 0.05) is 9.79 Å². The Balaban J connectivity index is 0.000000322. The maximum absolute atomic E-state index is 7.08. The van der Waals surface area contributed by atoms with Crippen LogP contribution >= 0.6 is 25.3 Å². The molecule has 0 heterocycles. The predicted molar refractivity (Wildman–Crippen MR) is 97.1 cm³/mol. The third kappa shape index (κ3) is 8.41. The molecule has 0 amide bonds. The standard InChI is InChI=1S/2C8H10S.CH2N2/c2*1-6-3-4-8(9)7(2)5-6;1-3-2/h2*3-5,9H,1-2H3;1H2. The van der Waals surface area contributed by atoms with E-state index in [4.69, 9.17) is 5.53 Å². The molecule has 0 spiro atoms. The Kier molecular flexibility index (Phi) is 9.55. The zero-order chi connectivity index (χ0) is 16.4. The van der Waals surface area contributed by atoms with Crippen molar-refractivity contribution in [1.29, 1.82) is 0 Å². The van der Waals surface area contributed by atoms with Crippen LogP contribution in [0, 0.1) is 27.7 Å². The van der Waals surface area contributed by atoms with Crippen molar-refractivity contribution in [3.63, 3.8) is 0 Å². The predicted octanol–water partition coefficient (Wildman–Crippen LogP) is 5.10. The van der Waals surface area contributed by atoms with Crippen LogP contribution in [0.25, 0.3) is 5.53 Å². The second-order valence-corrected chi connectivity index (χ2v) is 5.68. The fourth-order valence-electron chi connectivity index (χ4n) is 1.61. The van der Waals surface area contributed by atoms with Crippen LogP contribution in [-0.2, 0) is 0 Å². The minimum atomic E-state index is 1.07. The zero-order valence-corrected chi connectivity index (χ0v) is 14.7. The second kappa shape index (κ2) is 10.3. The Morgan fingerprint density at radius 2 is 1.10 bits per heavy atom. The highest BCUT2D eigenvalue weighted by molar-refractivity contribution is 7.80. The largest absolute Gasteiger partial charge is 0.362 e. The zero-order valence-electron chi connectivity index (χ0n) is 13.0. The summed E-state index contributed by atoms with van der Waals surface area (Å²) in [6.45, 7) is 11.0. The lowest BCUT2D eigenvalue weighted by atomic mass is 10.2. The third-order valence-electron chi connectivity index (χ3n) is 2.70. The molecule has 0 aliphatic rings. The number of hydrogen-bond acceptors (Lipinski definition) is 2. The molecule has 0 atom stereocenters.